The first kappa shape index (κ1) is 31.3. The van der Waals surface area contributed by atoms with Gasteiger partial charge in [-0.3, -0.25) is 0 Å². The third kappa shape index (κ3) is 4.20. The quantitative estimate of drug-likeness (QED) is 0.180. The van der Waals surface area contributed by atoms with Gasteiger partial charge in [0.2, 0.25) is 0 Å². The Morgan fingerprint density at radius 3 is 0.828 bits per heavy atom. The fourth-order valence-electron chi connectivity index (χ4n) is 9.66. The Morgan fingerprint density at radius 1 is 0.241 bits per heavy atom. The first-order valence-corrected chi connectivity index (χ1v) is 19.7. The Hall–Kier alpha value is -7.96. The van der Waals surface area contributed by atoms with Crippen LogP contribution in [0.25, 0.3) is 110 Å². The Labute approximate surface area is 331 Å². The minimum atomic E-state index is 0.868. The van der Waals surface area contributed by atoms with E-state index in [-0.39, 0.29) is 0 Å². The molecular formula is C52H32N6. The number of fused-ring (bicyclic) bond motifs is 13. The van der Waals surface area contributed by atoms with E-state index in [4.69, 9.17) is 10.2 Å². The number of aromatic nitrogens is 6. The summed E-state index contributed by atoms with van der Waals surface area (Å²) in [5, 5.41) is 17.1. The van der Waals surface area contributed by atoms with Gasteiger partial charge in [0, 0.05) is 55.1 Å². The van der Waals surface area contributed by atoms with Crippen molar-refractivity contribution in [1.29, 1.82) is 0 Å². The van der Waals surface area contributed by atoms with Gasteiger partial charge in [0.1, 0.15) is 22.1 Å². The van der Waals surface area contributed by atoms with E-state index in [1.807, 2.05) is 0 Å². The fourth-order valence-corrected chi connectivity index (χ4v) is 9.66. The zero-order valence-electron chi connectivity index (χ0n) is 31.2. The average Bonchev–Trinajstić information content (AvgIpc) is 4.02. The first-order valence-electron chi connectivity index (χ1n) is 19.7. The van der Waals surface area contributed by atoms with E-state index < -0.39 is 0 Å². The summed E-state index contributed by atoms with van der Waals surface area (Å²) >= 11 is 0. The second-order valence-electron chi connectivity index (χ2n) is 15.1. The number of hydrogen-bond donors (Lipinski definition) is 0. The number of para-hydroxylation sites is 6. The average molecular weight is 741 g/mol. The Morgan fingerprint density at radius 2 is 0.500 bits per heavy atom. The van der Waals surface area contributed by atoms with Crippen LogP contribution < -0.4 is 0 Å². The molecule has 270 valence electrons. The van der Waals surface area contributed by atoms with Gasteiger partial charge in [0.15, 0.2) is 0 Å². The van der Waals surface area contributed by atoms with Gasteiger partial charge in [0.05, 0.1) is 33.1 Å². The SMILES string of the molecule is c1cc(-n2c3ccccc3c3ccccc32)cc(-n2c3ccccc3c3nnc4c5ccccc5n(-c5cccc(-n6c7ccccc7c7ccccc76)c5)c4c32)c1. The molecular weight excluding hydrogens is 709 g/mol. The highest BCUT2D eigenvalue weighted by molar-refractivity contribution is 6.21. The second kappa shape index (κ2) is 11.8. The molecule has 5 aromatic heterocycles. The van der Waals surface area contributed by atoms with Crippen LogP contribution in [0.4, 0.5) is 0 Å². The molecule has 0 spiro atoms. The van der Waals surface area contributed by atoms with E-state index in [1.54, 1.807) is 0 Å². The zero-order chi connectivity index (χ0) is 37.9. The number of rotatable bonds is 4. The van der Waals surface area contributed by atoms with Crippen molar-refractivity contribution in [2.45, 2.75) is 0 Å². The van der Waals surface area contributed by atoms with Gasteiger partial charge < -0.3 is 18.3 Å². The standard InChI is InChI=1S/C52H32N6/c1-7-25-43-37(19-1)38-20-2-8-26-44(38)55(43)33-15-13-17-35(31-33)57-47-29-11-5-23-41(47)49-51(57)52-50(54-53-49)42-24-6-12-30-48(42)58(52)36-18-14-16-34(32-36)56-45-27-9-3-21-39(45)40-22-4-10-28-46(40)56/h1-32H. The Balaban J connectivity index is 1.12. The molecule has 8 aromatic carbocycles. The number of nitrogens with zero attached hydrogens (tertiary/aromatic N) is 6. The van der Waals surface area contributed by atoms with E-state index in [9.17, 15) is 0 Å². The topological polar surface area (TPSA) is 45.5 Å². The molecule has 0 N–H and O–H groups in total. The minimum absolute atomic E-state index is 0.868. The molecule has 6 heteroatoms. The molecule has 0 aliphatic rings. The maximum atomic E-state index is 5.03. The van der Waals surface area contributed by atoms with Crippen molar-refractivity contribution in [2.75, 3.05) is 0 Å². The highest BCUT2D eigenvalue weighted by atomic mass is 15.2. The van der Waals surface area contributed by atoms with E-state index in [1.165, 1.54) is 43.6 Å². The van der Waals surface area contributed by atoms with Crippen LogP contribution in [0.15, 0.2) is 194 Å². The molecule has 0 bridgehead atoms. The van der Waals surface area contributed by atoms with Crippen LogP contribution in [0.1, 0.15) is 0 Å². The number of benzene rings is 8. The third-order valence-corrected chi connectivity index (χ3v) is 12.0. The molecule has 0 atom stereocenters. The molecule has 0 amide bonds. The maximum Gasteiger partial charge on any atom is 0.121 e. The van der Waals surface area contributed by atoms with Crippen molar-refractivity contribution in [3.63, 3.8) is 0 Å². The van der Waals surface area contributed by atoms with E-state index >= 15 is 0 Å². The van der Waals surface area contributed by atoms with Crippen molar-refractivity contribution in [2.24, 2.45) is 0 Å². The van der Waals surface area contributed by atoms with Crippen LogP contribution >= 0.6 is 0 Å². The number of hydrogen-bond acceptors (Lipinski definition) is 2. The zero-order valence-corrected chi connectivity index (χ0v) is 31.2. The van der Waals surface area contributed by atoms with Gasteiger partial charge in [-0.15, -0.1) is 10.2 Å². The van der Waals surface area contributed by atoms with Crippen molar-refractivity contribution >= 4 is 87.5 Å². The smallest absolute Gasteiger partial charge is 0.121 e. The summed E-state index contributed by atoms with van der Waals surface area (Å²) in [5.74, 6) is 0. The molecule has 5 heterocycles. The van der Waals surface area contributed by atoms with Crippen LogP contribution in [0, 0.1) is 0 Å². The van der Waals surface area contributed by atoms with Crippen LogP contribution in [0.2, 0.25) is 0 Å². The molecule has 0 saturated carbocycles. The van der Waals surface area contributed by atoms with Crippen molar-refractivity contribution < 1.29 is 0 Å². The fraction of sp³-hybridized carbons (Fsp3) is 0. The third-order valence-electron chi connectivity index (χ3n) is 12.0. The predicted molar refractivity (Wildman–Crippen MR) is 239 cm³/mol. The molecule has 13 aromatic rings. The van der Waals surface area contributed by atoms with Gasteiger partial charge in [-0.25, -0.2) is 0 Å². The van der Waals surface area contributed by atoms with E-state index in [2.05, 4.69) is 212 Å². The van der Waals surface area contributed by atoms with Gasteiger partial charge in [-0.05, 0) is 72.8 Å². The molecule has 58 heavy (non-hydrogen) atoms. The summed E-state index contributed by atoms with van der Waals surface area (Å²) in [6, 6.07) is 69.7. The minimum Gasteiger partial charge on any atom is -0.309 e. The normalized spacial score (nSPS) is 12.1. The van der Waals surface area contributed by atoms with Crippen LogP contribution in [0.3, 0.4) is 0 Å². The Kier molecular flexibility index (Phi) is 6.35. The largest absolute Gasteiger partial charge is 0.309 e. The van der Waals surface area contributed by atoms with Crippen molar-refractivity contribution in [1.82, 2.24) is 28.5 Å². The van der Waals surface area contributed by atoms with Crippen LogP contribution in [0.5, 0.6) is 0 Å². The van der Waals surface area contributed by atoms with Gasteiger partial charge in [-0.2, -0.15) is 0 Å². The molecule has 0 aliphatic heterocycles. The highest BCUT2D eigenvalue weighted by Crippen LogP contribution is 2.41. The summed E-state index contributed by atoms with van der Waals surface area (Å²) in [4.78, 5) is 0. The molecule has 6 nitrogen and oxygen atoms in total. The lowest BCUT2D eigenvalue weighted by atomic mass is 10.2. The first-order chi connectivity index (χ1) is 28.8. The molecule has 0 aliphatic carbocycles. The monoisotopic (exact) mass is 740 g/mol. The summed E-state index contributed by atoms with van der Waals surface area (Å²) in [6.07, 6.45) is 0. The van der Waals surface area contributed by atoms with Gasteiger partial charge >= 0.3 is 0 Å². The van der Waals surface area contributed by atoms with Crippen LogP contribution in [-0.2, 0) is 0 Å². The second-order valence-corrected chi connectivity index (χ2v) is 15.1. The van der Waals surface area contributed by atoms with Crippen LogP contribution in [-0.4, -0.2) is 28.5 Å². The Bertz CT molecular complexity index is 3460. The summed E-state index contributed by atoms with van der Waals surface area (Å²) < 4.78 is 9.56. The van der Waals surface area contributed by atoms with E-state index in [0.717, 1.165) is 66.6 Å². The van der Waals surface area contributed by atoms with Gasteiger partial charge in [-0.1, -0.05) is 121 Å². The molecule has 0 unspecified atom stereocenters. The summed E-state index contributed by atoms with van der Waals surface area (Å²) in [7, 11) is 0. The van der Waals surface area contributed by atoms with Crippen molar-refractivity contribution in [3.8, 4) is 22.7 Å². The molecule has 0 fully saturated rings. The van der Waals surface area contributed by atoms with Gasteiger partial charge in [0.25, 0.3) is 0 Å². The van der Waals surface area contributed by atoms with Crippen molar-refractivity contribution in [3.05, 3.63) is 194 Å². The lowest BCUT2D eigenvalue weighted by molar-refractivity contribution is 1.09. The maximum absolute atomic E-state index is 5.03. The highest BCUT2D eigenvalue weighted by Gasteiger charge is 2.24. The lowest BCUT2D eigenvalue weighted by Gasteiger charge is -2.15. The summed E-state index contributed by atoms with van der Waals surface area (Å²) in [6.45, 7) is 0. The van der Waals surface area contributed by atoms with E-state index in [0.29, 0.717) is 0 Å². The summed E-state index contributed by atoms with van der Waals surface area (Å²) in [5.41, 5.74) is 14.9. The predicted octanol–water partition coefficient (Wildman–Crippen LogP) is 12.9. The molecule has 13 rings (SSSR count). The molecule has 0 saturated heterocycles. The lowest BCUT2D eigenvalue weighted by Crippen LogP contribution is -2.02. The molecule has 0 radical (unpaired) electrons.